The lowest BCUT2D eigenvalue weighted by molar-refractivity contribution is -0.141. The van der Waals surface area contributed by atoms with E-state index in [1.165, 1.54) is 6.92 Å². The Kier molecular flexibility index (Phi) is 7.51. The number of aliphatic carboxylic acids is 1. The third-order valence-corrected chi connectivity index (χ3v) is 5.40. The van der Waals surface area contributed by atoms with Crippen molar-refractivity contribution in [2.45, 2.75) is 32.7 Å². The van der Waals surface area contributed by atoms with E-state index in [0.717, 1.165) is 0 Å². The first kappa shape index (κ1) is 23.6. The quantitative estimate of drug-likeness (QED) is 0.487. The summed E-state index contributed by atoms with van der Waals surface area (Å²) >= 11 is 0. The zero-order chi connectivity index (χ0) is 24.0. The van der Waals surface area contributed by atoms with Crippen molar-refractivity contribution >= 4 is 23.4 Å². The number of amides is 1. The van der Waals surface area contributed by atoms with Gasteiger partial charge in [-0.25, -0.2) is 4.79 Å². The molecule has 0 radical (unpaired) electrons. The molecule has 1 unspecified atom stereocenters. The highest BCUT2D eigenvalue weighted by Gasteiger charge is 2.26. The maximum atomic E-state index is 13.6. The van der Waals surface area contributed by atoms with Gasteiger partial charge < -0.3 is 10.4 Å². The zero-order valence-electron chi connectivity index (χ0n) is 18.5. The number of nitrogens with one attached hydrogen (secondary N) is 1. The summed E-state index contributed by atoms with van der Waals surface area (Å²) in [6.07, 6.45) is 0.270. The number of hydrogen-bond acceptors (Lipinski definition) is 4. The summed E-state index contributed by atoms with van der Waals surface area (Å²) in [5, 5.41) is 11.9. The number of rotatable bonds is 9. The molecule has 6 heteroatoms. The smallest absolute Gasteiger partial charge is 0.326 e. The van der Waals surface area contributed by atoms with Crippen LogP contribution in [-0.4, -0.2) is 34.6 Å². The van der Waals surface area contributed by atoms with E-state index >= 15 is 0 Å². The van der Waals surface area contributed by atoms with Crippen LogP contribution in [0.15, 0.2) is 72.8 Å². The van der Waals surface area contributed by atoms with Gasteiger partial charge in [-0.3, -0.25) is 14.4 Å². The van der Waals surface area contributed by atoms with E-state index < -0.39 is 17.9 Å². The van der Waals surface area contributed by atoms with Crippen molar-refractivity contribution in [1.82, 2.24) is 5.32 Å². The number of carboxylic acid groups (broad SMARTS) is 1. The van der Waals surface area contributed by atoms with Crippen LogP contribution in [0.5, 0.6) is 0 Å². The Labute approximate surface area is 192 Å². The third-order valence-electron chi connectivity index (χ3n) is 5.40. The van der Waals surface area contributed by atoms with Gasteiger partial charge in [0.25, 0.3) is 0 Å². The average Bonchev–Trinajstić information content (AvgIpc) is 2.82. The van der Waals surface area contributed by atoms with Crippen molar-refractivity contribution in [3.8, 4) is 0 Å². The Morgan fingerprint density at radius 2 is 1.30 bits per heavy atom. The number of carbonyl (C=O) groups is 4. The second-order valence-electron chi connectivity index (χ2n) is 7.81. The molecule has 1 atom stereocenters. The van der Waals surface area contributed by atoms with E-state index in [9.17, 15) is 24.3 Å². The SMILES string of the molecule is CC(=O)NC(CCc1ccc(C)c(C(=O)c2ccccc2)c1C(=O)c1ccccc1)C(=O)O. The molecule has 0 fully saturated rings. The first-order valence-electron chi connectivity index (χ1n) is 10.6. The molecule has 0 saturated heterocycles. The van der Waals surface area contributed by atoms with Gasteiger partial charge in [-0.15, -0.1) is 0 Å². The number of benzene rings is 3. The summed E-state index contributed by atoms with van der Waals surface area (Å²) in [6, 6.07) is 19.8. The number of ketones is 2. The Morgan fingerprint density at radius 1 is 0.788 bits per heavy atom. The first-order chi connectivity index (χ1) is 15.8. The molecule has 3 aromatic carbocycles. The Balaban J connectivity index is 2.11. The van der Waals surface area contributed by atoms with Crippen LogP contribution in [0.25, 0.3) is 0 Å². The minimum Gasteiger partial charge on any atom is -0.480 e. The molecule has 0 aliphatic rings. The van der Waals surface area contributed by atoms with Crippen LogP contribution >= 0.6 is 0 Å². The van der Waals surface area contributed by atoms with Gasteiger partial charge in [-0.05, 0) is 30.9 Å². The topological polar surface area (TPSA) is 101 Å². The third kappa shape index (κ3) is 5.60. The highest BCUT2D eigenvalue weighted by molar-refractivity contribution is 6.20. The average molecular weight is 443 g/mol. The summed E-state index contributed by atoms with van der Waals surface area (Å²) in [7, 11) is 0. The molecule has 3 rings (SSSR count). The lowest BCUT2D eigenvalue weighted by Gasteiger charge is -2.18. The summed E-state index contributed by atoms with van der Waals surface area (Å²) in [4.78, 5) is 50.0. The second-order valence-corrected chi connectivity index (χ2v) is 7.81. The monoisotopic (exact) mass is 443 g/mol. The maximum Gasteiger partial charge on any atom is 0.326 e. The highest BCUT2D eigenvalue weighted by Crippen LogP contribution is 2.27. The van der Waals surface area contributed by atoms with Crippen LogP contribution in [0.3, 0.4) is 0 Å². The highest BCUT2D eigenvalue weighted by atomic mass is 16.4. The summed E-state index contributed by atoms with van der Waals surface area (Å²) in [5.74, 6) is -2.19. The fourth-order valence-corrected chi connectivity index (χ4v) is 3.78. The maximum absolute atomic E-state index is 13.6. The molecule has 0 spiro atoms. The molecule has 168 valence electrons. The summed E-state index contributed by atoms with van der Waals surface area (Å²) < 4.78 is 0. The van der Waals surface area contributed by atoms with Crippen LogP contribution in [-0.2, 0) is 16.0 Å². The molecule has 0 aromatic heterocycles. The van der Waals surface area contributed by atoms with Crippen molar-refractivity contribution in [3.63, 3.8) is 0 Å². The zero-order valence-corrected chi connectivity index (χ0v) is 18.5. The van der Waals surface area contributed by atoms with Gasteiger partial charge in [0.15, 0.2) is 11.6 Å². The van der Waals surface area contributed by atoms with E-state index in [1.54, 1.807) is 73.7 Å². The number of carboxylic acids is 1. The Morgan fingerprint density at radius 3 is 1.79 bits per heavy atom. The predicted octanol–water partition coefficient (Wildman–Crippen LogP) is 3.98. The number of carbonyl (C=O) groups excluding carboxylic acids is 3. The van der Waals surface area contributed by atoms with Crippen molar-refractivity contribution in [2.75, 3.05) is 0 Å². The molecular weight excluding hydrogens is 418 g/mol. The number of aryl methyl sites for hydroxylation is 2. The van der Waals surface area contributed by atoms with E-state index in [4.69, 9.17) is 0 Å². The second kappa shape index (κ2) is 10.5. The molecular formula is C27H25NO5. The minimum atomic E-state index is -1.16. The van der Waals surface area contributed by atoms with E-state index in [0.29, 0.717) is 27.8 Å². The Bertz CT molecular complexity index is 1190. The fourth-order valence-electron chi connectivity index (χ4n) is 3.78. The van der Waals surface area contributed by atoms with E-state index in [1.807, 2.05) is 6.07 Å². The van der Waals surface area contributed by atoms with Crippen LogP contribution < -0.4 is 5.32 Å². The molecule has 2 N–H and O–H groups in total. The van der Waals surface area contributed by atoms with Crippen LogP contribution in [0.4, 0.5) is 0 Å². The molecule has 0 aliphatic heterocycles. The molecule has 3 aromatic rings. The van der Waals surface area contributed by atoms with Gasteiger partial charge in [-0.2, -0.15) is 0 Å². The molecule has 1 amide bonds. The van der Waals surface area contributed by atoms with Gasteiger partial charge in [0.1, 0.15) is 6.04 Å². The van der Waals surface area contributed by atoms with Gasteiger partial charge in [-0.1, -0.05) is 72.8 Å². The standard InChI is InChI=1S/C27H25NO5/c1-17-13-14-19(15-16-22(27(32)33)28-18(2)29)24(26(31)21-11-7-4-8-12-21)23(17)25(30)20-9-5-3-6-10-20/h3-14,22H,15-16H2,1-2H3,(H,28,29)(H,32,33). The van der Waals surface area contributed by atoms with Crippen molar-refractivity contribution in [3.05, 3.63) is 106 Å². The van der Waals surface area contributed by atoms with Crippen LogP contribution in [0, 0.1) is 6.92 Å². The normalized spacial score (nSPS) is 11.5. The fraction of sp³-hybridized carbons (Fsp3) is 0.185. The molecule has 0 heterocycles. The molecule has 0 aliphatic carbocycles. The van der Waals surface area contributed by atoms with Gasteiger partial charge >= 0.3 is 5.97 Å². The summed E-state index contributed by atoms with van der Waals surface area (Å²) in [5.41, 5.74) is 2.68. The van der Waals surface area contributed by atoms with E-state index in [2.05, 4.69) is 5.32 Å². The molecule has 0 bridgehead atoms. The lowest BCUT2D eigenvalue weighted by atomic mass is 9.85. The van der Waals surface area contributed by atoms with Crippen LogP contribution in [0.1, 0.15) is 56.3 Å². The summed E-state index contributed by atoms with van der Waals surface area (Å²) in [6.45, 7) is 3.03. The van der Waals surface area contributed by atoms with Crippen molar-refractivity contribution in [1.29, 1.82) is 0 Å². The van der Waals surface area contributed by atoms with Crippen molar-refractivity contribution < 1.29 is 24.3 Å². The number of hydrogen-bond donors (Lipinski definition) is 2. The van der Waals surface area contributed by atoms with Gasteiger partial charge in [0.05, 0.1) is 0 Å². The molecule has 6 nitrogen and oxygen atoms in total. The van der Waals surface area contributed by atoms with Crippen LogP contribution in [0.2, 0.25) is 0 Å². The minimum absolute atomic E-state index is 0.0754. The lowest BCUT2D eigenvalue weighted by Crippen LogP contribution is -2.39. The first-order valence-corrected chi connectivity index (χ1v) is 10.6. The van der Waals surface area contributed by atoms with Gasteiger partial charge in [0, 0.05) is 29.2 Å². The molecule has 33 heavy (non-hydrogen) atoms. The largest absolute Gasteiger partial charge is 0.480 e. The Hall–Kier alpha value is -4.06. The van der Waals surface area contributed by atoms with E-state index in [-0.39, 0.29) is 30.0 Å². The van der Waals surface area contributed by atoms with Crippen molar-refractivity contribution in [2.24, 2.45) is 0 Å². The predicted molar refractivity (Wildman–Crippen MR) is 124 cm³/mol. The van der Waals surface area contributed by atoms with Gasteiger partial charge in [0.2, 0.25) is 5.91 Å². The molecule has 0 saturated carbocycles.